The fraction of sp³-hybridized carbons (Fsp3) is 0.769. The van der Waals surface area contributed by atoms with Crippen molar-refractivity contribution in [2.24, 2.45) is 0 Å². The zero-order valence-corrected chi connectivity index (χ0v) is 12.4. The van der Waals surface area contributed by atoms with Crippen molar-refractivity contribution in [3.63, 3.8) is 0 Å². The van der Waals surface area contributed by atoms with Gasteiger partial charge in [0.25, 0.3) is 5.88 Å². The zero-order valence-electron chi connectivity index (χ0n) is 12.4. The number of nitrogens with zero attached hydrogens (tertiary/aromatic N) is 3. The van der Waals surface area contributed by atoms with Gasteiger partial charge in [0, 0.05) is 6.61 Å². The van der Waals surface area contributed by atoms with E-state index in [1.807, 2.05) is 0 Å². The number of nitro groups is 1. The third-order valence-corrected chi connectivity index (χ3v) is 3.46. The van der Waals surface area contributed by atoms with Crippen LogP contribution in [0.5, 0.6) is 5.88 Å². The Balaban J connectivity index is 2.35. The number of rotatable bonds is 7. The highest BCUT2D eigenvalue weighted by Crippen LogP contribution is 2.36. The highest BCUT2D eigenvalue weighted by atomic mass is 19.1. The van der Waals surface area contributed by atoms with E-state index < -0.39 is 30.5 Å². The van der Waals surface area contributed by atoms with E-state index >= 15 is 0 Å². The second kappa shape index (κ2) is 7.50. The second-order valence-corrected chi connectivity index (χ2v) is 5.07. The SMILES string of the molecule is CCc1nn(C2CCCCO2)c(OCC(F)CO)c1[N+](=O)[O-]. The maximum absolute atomic E-state index is 13.2. The summed E-state index contributed by atoms with van der Waals surface area (Å²) in [5, 5.41) is 24.2. The van der Waals surface area contributed by atoms with Gasteiger partial charge in [-0.05, 0) is 25.7 Å². The van der Waals surface area contributed by atoms with Gasteiger partial charge in [0.2, 0.25) is 0 Å². The smallest absolute Gasteiger partial charge is 0.353 e. The molecular weight excluding hydrogens is 297 g/mol. The predicted octanol–water partition coefficient (Wildman–Crippen LogP) is 1.76. The highest BCUT2D eigenvalue weighted by molar-refractivity contribution is 5.46. The van der Waals surface area contributed by atoms with Crippen molar-refractivity contribution in [1.29, 1.82) is 0 Å². The lowest BCUT2D eigenvalue weighted by Gasteiger charge is -2.23. The number of halogens is 1. The molecule has 124 valence electrons. The molecule has 0 bridgehead atoms. The number of ether oxygens (including phenoxy) is 2. The predicted molar refractivity (Wildman–Crippen MR) is 74.6 cm³/mol. The monoisotopic (exact) mass is 317 g/mol. The Labute approximate surface area is 127 Å². The van der Waals surface area contributed by atoms with Crippen LogP contribution < -0.4 is 4.74 Å². The molecule has 0 aliphatic carbocycles. The van der Waals surface area contributed by atoms with Gasteiger partial charge in [-0.2, -0.15) is 9.78 Å². The second-order valence-electron chi connectivity index (χ2n) is 5.07. The molecule has 1 aromatic rings. The first-order valence-corrected chi connectivity index (χ1v) is 7.33. The molecule has 0 aromatic carbocycles. The number of alkyl halides is 1. The molecular formula is C13H20FN3O5. The van der Waals surface area contributed by atoms with Gasteiger partial charge >= 0.3 is 5.69 Å². The third-order valence-electron chi connectivity index (χ3n) is 3.46. The Morgan fingerprint density at radius 3 is 2.95 bits per heavy atom. The lowest BCUT2D eigenvalue weighted by Crippen LogP contribution is -2.23. The molecule has 0 amide bonds. The van der Waals surface area contributed by atoms with Gasteiger partial charge < -0.3 is 14.6 Å². The molecule has 2 rings (SSSR count). The van der Waals surface area contributed by atoms with E-state index in [1.165, 1.54) is 4.68 Å². The molecule has 0 radical (unpaired) electrons. The van der Waals surface area contributed by atoms with Crippen LogP contribution in [0.2, 0.25) is 0 Å². The third kappa shape index (κ3) is 3.53. The molecule has 1 fully saturated rings. The summed E-state index contributed by atoms with van der Waals surface area (Å²) in [6.07, 6.45) is 0.799. The summed E-state index contributed by atoms with van der Waals surface area (Å²) in [6, 6.07) is 0. The lowest BCUT2D eigenvalue weighted by atomic mass is 10.2. The van der Waals surface area contributed by atoms with Crippen molar-refractivity contribution < 1.29 is 23.9 Å². The molecule has 1 N–H and O–H groups in total. The van der Waals surface area contributed by atoms with Gasteiger partial charge in [0.15, 0.2) is 12.4 Å². The first-order chi connectivity index (χ1) is 10.6. The normalized spacial score (nSPS) is 19.9. The van der Waals surface area contributed by atoms with Crippen LogP contribution in [-0.4, -0.2) is 45.8 Å². The van der Waals surface area contributed by atoms with E-state index in [-0.39, 0.29) is 17.3 Å². The molecule has 9 heteroatoms. The Morgan fingerprint density at radius 2 is 2.41 bits per heavy atom. The maximum atomic E-state index is 13.2. The van der Waals surface area contributed by atoms with Crippen molar-refractivity contribution in [2.75, 3.05) is 19.8 Å². The number of aliphatic hydroxyl groups is 1. The van der Waals surface area contributed by atoms with Crippen molar-refractivity contribution in [3.8, 4) is 5.88 Å². The molecule has 2 atom stereocenters. The van der Waals surface area contributed by atoms with Crippen LogP contribution in [0.1, 0.15) is 38.1 Å². The van der Waals surface area contributed by atoms with Crippen LogP contribution in [0.3, 0.4) is 0 Å². The molecule has 22 heavy (non-hydrogen) atoms. The summed E-state index contributed by atoms with van der Waals surface area (Å²) in [4.78, 5) is 10.7. The topological polar surface area (TPSA) is 99.7 Å². The molecule has 1 saturated heterocycles. The molecule has 0 spiro atoms. The number of aryl methyl sites for hydroxylation is 1. The minimum atomic E-state index is -1.61. The van der Waals surface area contributed by atoms with Gasteiger partial charge in [-0.15, -0.1) is 0 Å². The van der Waals surface area contributed by atoms with Crippen molar-refractivity contribution in [2.45, 2.75) is 45.0 Å². The van der Waals surface area contributed by atoms with E-state index in [0.29, 0.717) is 19.4 Å². The molecule has 2 unspecified atom stereocenters. The Bertz CT molecular complexity index is 516. The van der Waals surface area contributed by atoms with Crippen LogP contribution in [0.25, 0.3) is 0 Å². The van der Waals surface area contributed by atoms with Crippen LogP contribution in [-0.2, 0) is 11.2 Å². The molecule has 1 aromatic heterocycles. The first kappa shape index (κ1) is 16.6. The number of aliphatic hydroxyl groups excluding tert-OH is 1. The summed E-state index contributed by atoms with van der Waals surface area (Å²) in [7, 11) is 0. The van der Waals surface area contributed by atoms with Gasteiger partial charge in [-0.25, -0.2) is 4.39 Å². The summed E-state index contributed by atoms with van der Waals surface area (Å²) in [5.74, 6) is -0.107. The summed E-state index contributed by atoms with van der Waals surface area (Å²) in [6.45, 7) is 1.11. The molecule has 1 aliphatic heterocycles. The first-order valence-electron chi connectivity index (χ1n) is 7.33. The fourth-order valence-corrected chi connectivity index (χ4v) is 2.34. The summed E-state index contributed by atoms with van der Waals surface area (Å²) in [5.41, 5.74) is 0.00962. The van der Waals surface area contributed by atoms with E-state index in [0.717, 1.165) is 12.8 Å². The molecule has 0 saturated carbocycles. The minimum Gasteiger partial charge on any atom is -0.470 e. The quantitative estimate of drug-likeness (QED) is 0.607. The fourth-order valence-electron chi connectivity index (χ4n) is 2.34. The van der Waals surface area contributed by atoms with Crippen LogP contribution in [0.15, 0.2) is 0 Å². The molecule has 8 nitrogen and oxygen atoms in total. The van der Waals surface area contributed by atoms with E-state index in [9.17, 15) is 14.5 Å². The summed E-state index contributed by atoms with van der Waals surface area (Å²) < 4.78 is 25.4. The largest absolute Gasteiger partial charge is 0.470 e. The standard InChI is InChI=1S/C13H20FN3O5/c1-2-10-12(17(19)20)13(22-8-9(14)7-18)16(15-10)11-5-3-4-6-21-11/h9,11,18H,2-8H2,1H3. The minimum absolute atomic E-state index is 0.107. The molecule has 1 aliphatic rings. The highest BCUT2D eigenvalue weighted by Gasteiger charge is 2.33. The van der Waals surface area contributed by atoms with Gasteiger partial charge in [-0.3, -0.25) is 10.1 Å². The summed E-state index contributed by atoms with van der Waals surface area (Å²) >= 11 is 0. The van der Waals surface area contributed by atoms with Crippen molar-refractivity contribution in [1.82, 2.24) is 9.78 Å². The van der Waals surface area contributed by atoms with Crippen molar-refractivity contribution in [3.05, 3.63) is 15.8 Å². The maximum Gasteiger partial charge on any atom is 0.353 e. The average Bonchev–Trinajstić information content (AvgIpc) is 2.92. The van der Waals surface area contributed by atoms with Gasteiger partial charge in [0.1, 0.15) is 12.3 Å². The van der Waals surface area contributed by atoms with Gasteiger partial charge in [-0.1, -0.05) is 6.92 Å². The van der Waals surface area contributed by atoms with Gasteiger partial charge in [0.05, 0.1) is 11.5 Å². The number of hydrogen-bond donors (Lipinski definition) is 1. The van der Waals surface area contributed by atoms with Crippen molar-refractivity contribution >= 4 is 5.69 Å². The van der Waals surface area contributed by atoms with E-state index in [1.54, 1.807) is 6.92 Å². The number of aromatic nitrogens is 2. The Hall–Kier alpha value is -1.74. The van der Waals surface area contributed by atoms with Crippen LogP contribution in [0, 0.1) is 10.1 Å². The van der Waals surface area contributed by atoms with E-state index in [4.69, 9.17) is 14.6 Å². The Morgan fingerprint density at radius 1 is 1.64 bits per heavy atom. The average molecular weight is 317 g/mol. The zero-order chi connectivity index (χ0) is 16.1. The Kier molecular flexibility index (Phi) is 5.67. The van der Waals surface area contributed by atoms with Crippen LogP contribution >= 0.6 is 0 Å². The molecule has 2 heterocycles. The lowest BCUT2D eigenvalue weighted by molar-refractivity contribution is -0.386. The van der Waals surface area contributed by atoms with E-state index in [2.05, 4.69) is 5.10 Å². The number of hydrogen-bond acceptors (Lipinski definition) is 6. The van der Waals surface area contributed by atoms with Crippen LogP contribution in [0.4, 0.5) is 10.1 Å².